The zero-order valence-electron chi connectivity index (χ0n) is 6.27. The van der Waals surface area contributed by atoms with Crippen molar-refractivity contribution in [2.24, 2.45) is 0 Å². The van der Waals surface area contributed by atoms with Crippen LogP contribution in [0.4, 0.5) is 4.79 Å². The number of nitrogens with zero attached hydrogens (tertiary/aromatic N) is 1. The van der Waals surface area contributed by atoms with Gasteiger partial charge in [-0.05, 0) is 0 Å². The maximum Gasteiger partial charge on any atom is 0.416 e. The molecule has 1 heterocycles. The lowest BCUT2D eigenvalue weighted by Gasteiger charge is -1.97. The van der Waals surface area contributed by atoms with E-state index in [-0.39, 0.29) is 0 Å². The van der Waals surface area contributed by atoms with E-state index in [1.54, 1.807) is 6.20 Å². The summed E-state index contributed by atoms with van der Waals surface area (Å²) in [6.45, 7) is 0. The predicted molar refractivity (Wildman–Crippen MR) is 44.3 cm³/mol. The normalized spacial score (nSPS) is 14.0. The Morgan fingerprint density at radius 3 is 2.42 bits per heavy atom. The van der Waals surface area contributed by atoms with E-state index in [0.717, 1.165) is 11.3 Å². The van der Waals surface area contributed by atoms with Gasteiger partial charge in [0, 0.05) is 11.8 Å². The molecule has 0 atom stereocenters. The number of rotatable bonds is 1. The highest BCUT2D eigenvalue weighted by atomic mass is 16.4. The minimum absolute atomic E-state index is 0.767. The van der Waals surface area contributed by atoms with Crippen molar-refractivity contribution >= 4 is 11.8 Å². The molecular formula is C9H7NO2. The van der Waals surface area contributed by atoms with Crippen molar-refractivity contribution in [3.05, 3.63) is 42.1 Å². The molecule has 3 nitrogen and oxygen atoms in total. The van der Waals surface area contributed by atoms with E-state index >= 15 is 0 Å². The first-order valence-corrected chi connectivity index (χ1v) is 3.58. The lowest BCUT2D eigenvalue weighted by molar-refractivity contribution is 0.184. The summed E-state index contributed by atoms with van der Waals surface area (Å²) in [6, 6.07) is 9.43. The lowest BCUT2D eigenvalue weighted by atomic mass is 10.2. The molecule has 1 N–H and O–H groups in total. The van der Waals surface area contributed by atoms with Gasteiger partial charge in [0.2, 0.25) is 0 Å². The van der Waals surface area contributed by atoms with Gasteiger partial charge in [0.25, 0.3) is 0 Å². The van der Waals surface area contributed by atoms with Gasteiger partial charge in [-0.25, -0.2) is 9.69 Å². The Morgan fingerprint density at radius 1 is 1.25 bits per heavy atom. The number of hydrogen-bond donors (Lipinski definition) is 1. The summed E-state index contributed by atoms with van der Waals surface area (Å²) in [5, 5.41) is 8.56. The maximum atomic E-state index is 10.4. The van der Waals surface area contributed by atoms with Gasteiger partial charge < -0.3 is 5.11 Å². The van der Waals surface area contributed by atoms with Crippen molar-refractivity contribution < 1.29 is 9.90 Å². The molecule has 1 aliphatic heterocycles. The SMILES string of the molecule is O=C(O)N1C=C1c1ccccc1. The average molecular weight is 161 g/mol. The number of benzene rings is 1. The number of amides is 1. The highest BCUT2D eigenvalue weighted by Crippen LogP contribution is 2.31. The fourth-order valence-corrected chi connectivity index (χ4v) is 1.07. The topological polar surface area (TPSA) is 40.3 Å². The van der Waals surface area contributed by atoms with Crippen LogP contribution >= 0.6 is 0 Å². The fourth-order valence-electron chi connectivity index (χ4n) is 1.07. The van der Waals surface area contributed by atoms with Gasteiger partial charge in [-0.2, -0.15) is 0 Å². The summed E-state index contributed by atoms with van der Waals surface area (Å²) in [6.07, 6.45) is 0.673. The Kier molecular flexibility index (Phi) is 1.37. The van der Waals surface area contributed by atoms with Crippen LogP contribution in [0.25, 0.3) is 5.70 Å². The molecular weight excluding hydrogens is 154 g/mol. The van der Waals surface area contributed by atoms with Gasteiger partial charge in [0.05, 0.1) is 5.70 Å². The molecule has 0 saturated carbocycles. The van der Waals surface area contributed by atoms with Crippen molar-refractivity contribution in [2.45, 2.75) is 0 Å². The maximum absolute atomic E-state index is 10.4. The molecule has 0 unspecified atom stereocenters. The van der Waals surface area contributed by atoms with E-state index in [9.17, 15) is 4.79 Å². The van der Waals surface area contributed by atoms with Gasteiger partial charge in [-0.3, -0.25) is 0 Å². The van der Waals surface area contributed by atoms with Crippen molar-refractivity contribution in [1.29, 1.82) is 0 Å². The second kappa shape index (κ2) is 2.37. The van der Waals surface area contributed by atoms with Crippen LogP contribution in [-0.4, -0.2) is 16.1 Å². The van der Waals surface area contributed by atoms with Crippen LogP contribution in [0.3, 0.4) is 0 Å². The molecule has 1 amide bonds. The Labute approximate surface area is 69.5 Å². The predicted octanol–water partition coefficient (Wildman–Crippen LogP) is 1.98. The first-order chi connectivity index (χ1) is 5.79. The molecule has 0 fully saturated rings. The highest BCUT2D eigenvalue weighted by molar-refractivity contribution is 5.91. The number of carbonyl (C=O) groups is 1. The summed E-state index contributed by atoms with van der Waals surface area (Å²) in [5.74, 6) is 0. The number of hydrogen-bond acceptors (Lipinski definition) is 1. The van der Waals surface area contributed by atoms with Crippen molar-refractivity contribution in [1.82, 2.24) is 4.90 Å². The van der Waals surface area contributed by atoms with E-state index in [1.807, 2.05) is 30.3 Å². The molecule has 1 aliphatic rings. The van der Waals surface area contributed by atoms with Crippen LogP contribution < -0.4 is 0 Å². The molecule has 0 bridgehead atoms. The first-order valence-electron chi connectivity index (χ1n) is 3.58. The molecule has 1 aromatic carbocycles. The van der Waals surface area contributed by atoms with Crippen molar-refractivity contribution in [3.63, 3.8) is 0 Å². The van der Waals surface area contributed by atoms with Crippen LogP contribution in [0.5, 0.6) is 0 Å². The molecule has 0 aromatic heterocycles. The molecule has 3 heteroatoms. The quantitative estimate of drug-likeness (QED) is 0.684. The lowest BCUT2D eigenvalue weighted by Crippen LogP contribution is -2.07. The molecule has 2 rings (SSSR count). The largest absolute Gasteiger partial charge is 0.464 e. The molecule has 60 valence electrons. The molecule has 12 heavy (non-hydrogen) atoms. The van der Waals surface area contributed by atoms with Gasteiger partial charge in [0.15, 0.2) is 0 Å². The molecule has 0 aliphatic carbocycles. The van der Waals surface area contributed by atoms with Crippen LogP contribution in [-0.2, 0) is 0 Å². The van der Waals surface area contributed by atoms with Crippen LogP contribution in [0.2, 0.25) is 0 Å². The summed E-state index contributed by atoms with van der Waals surface area (Å²) >= 11 is 0. The van der Waals surface area contributed by atoms with Gasteiger partial charge in [-0.15, -0.1) is 0 Å². The summed E-state index contributed by atoms with van der Waals surface area (Å²) in [5.41, 5.74) is 1.71. The Balaban J connectivity index is 2.16. The van der Waals surface area contributed by atoms with Crippen molar-refractivity contribution in [2.75, 3.05) is 0 Å². The van der Waals surface area contributed by atoms with E-state index in [0.29, 0.717) is 0 Å². The van der Waals surface area contributed by atoms with Crippen LogP contribution in [0.1, 0.15) is 5.56 Å². The van der Waals surface area contributed by atoms with E-state index in [1.165, 1.54) is 4.90 Å². The smallest absolute Gasteiger partial charge is 0.416 e. The second-order valence-corrected chi connectivity index (χ2v) is 2.53. The summed E-state index contributed by atoms with van der Waals surface area (Å²) < 4.78 is 0. The highest BCUT2D eigenvalue weighted by Gasteiger charge is 2.27. The molecule has 0 saturated heterocycles. The monoisotopic (exact) mass is 161 g/mol. The van der Waals surface area contributed by atoms with Gasteiger partial charge in [-0.1, -0.05) is 30.3 Å². The number of carboxylic acid groups (broad SMARTS) is 1. The minimum atomic E-state index is -0.922. The third-order valence-corrected chi connectivity index (χ3v) is 1.72. The third-order valence-electron chi connectivity index (χ3n) is 1.72. The minimum Gasteiger partial charge on any atom is -0.464 e. The zero-order chi connectivity index (χ0) is 8.55. The molecule has 0 spiro atoms. The second-order valence-electron chi connectivity index (χ2n) is 2.53. The summed E-state index contributed by atoms with van der Waals surface area (Å²) in [4.78, 5) is 11.6. The third kappa shape index (κ3) is 1.05. The molecule has 1 aromatic rings. The van der Waals surface area contributed by atoms with Gasteiger partial charge >= 0.3 is 6.09 Å². The van der Waals surface area contributed by atoms with E-state index < -0.39 is 6.09 Å². The van der Waals surface area contributed by atoms with Crippen LogP contribution in [0.15, 0.2) is 36.5 Å². The Bertz CT molecular complexity index is 343. The molecule has 0 radical (unpaired) electrons. The summed E-state index contributed by atoms with van der Waals surface area (Å²) in [7, 11) is 0. The Hall–Kier alpha value is -1.77. The standard InChI is InChI=1S/C9H7NO2/c11-9(12)10-6-8(10)7-4-2-1-3-5-7/h1-6H,(H,11,12). The fraction of sp³-hybridized carbons (Fsp3) is 0. The van der Waals surface area contributed by atoms with Crippen LogP contribution in [0, 0.1) is 0 Å². The van der Waals surface area contributed by atoms with E-state index in [2.05, 4.69) is 0 Å². The first kappa shape index (κ1) is 6.91. The zero-order valence-corrected chi connectivity index (χ0v) is 6.27. The van der Waals surface area contributed by atoms with E-state index in [4.69, 9.17) is 5.11 Å². The average Bonchev–Trinajstić information content (AvgIpc) is 2.84. The van der Waals surface area contributed by atoms with Crippen molar-refractivity contribution in [3.8, 4) is 0 Å². The van der Waals surface area contributed by atoms with Gasteiger partial charge in [0.1, 0.15) is 0 Å². The Morgan fingerprint density at radius 2 is 1.92 bits per heavy atom.